The maximum Gasteiger partial charge on any atom is 0.264 e. The Bertz CT molecular complexity index is 824. The lowest BCUT2D eigenvalue weighted by atomic mass is 10.1. The molecule has 0 saturated heterocycles. The van der Waals surface area contributed by atoms with Crippen LogP contribution in [0.2, 0.25) is 0 Å². The molecule has 2 aromatic rings. The van der Waals surface area contributed by atoms with Gasteiger partial charge in [-0.2, -0.15) is 0 Å². The van der Waals surface area contributed by atoms with Gasteiger partial charge in [-0.15, -0.1) is 0 Å². The lowest BCUT2D eigenvalue weighted by Gasteiger charge is -2.10. The van der Waals surface area contributed by atoms with Crippen LogP contribution in [0.4, 0.5) is 0 Å². The molecule has 0 fully saturated rings. The Kier molecular flexibility index (Phi) is 5.62. The van der Waals surface area contributed by atoms with Crippen molar-refractivity contribution in [3.05, 3.63) is 59.2 Å². The molecule has 0 aliphatic carbocycles. The molecule has 0 aromatic heterocycles. The predicted molar refractivity (Wildman–Crippen MR) is 92.5 cm³/mol. The van der Waals surface area contributed by atoms with Crippen molar-refractivity contribution in [2.45, 2.75) is 32.1 Å². The molecule has 1 amide bonds. The van der Waals surface area contributed by atoms with Crippen LogP contribution in [0.25, 0.3) is 0 Å². The SMILES string of the molecule is Cc1cc(C)cc(OCCC(=O)NS(=O)(=O)c2ccccc2C)c1. The van der Waals surface area contributed by atoms with Crippen LogP contribution in [0.15, 0.2) is 47.4 Å². The minimum Gasteiger partial charge on any atom is -0.493 e. The molecular formula is C18H21NO4S. The van der Waals surface area contributed by atoms with Crippen LogP contribution in [0, 0.1) is 20.8 Å². The third kappa shape index (κ3) is 4.83. The highest BCUT2D eigenvalue weighted by Gasteiger charge is 2.19. The number of sulfonamides is 1. The molecule has 1 N–H and O–H groups in total. The smallest absolute Gasteiger partial charge is 0.264 e. The van der Waals surface area contributed by atoms with Crippen molar-refractivity contribution < 1.29 is 17.9 Å². The summed E-state index contributed by atoms with van der Waals surface area (Å²) < 4.78 is 32.0. The van der Waals surface area contributed by atoms with Gasteiger partial charge in [0.25, 0.3) is 10.0 Å². The Morgan fingerprint density at radius 1 is 1.04 bits per heavy atom. The summed E-state index contributed by atoms with van der Waals surface area (Å²) in [5.74, 6) is 0.0738. The lowest BCUT2D eigenvalue weighted by molar-refractivity contribution is -0.119. The summed E-state index contributed by atoms with van der Waals surface area (Å²) in [6.07, 6.45) is -0.0436. The molecule has 0 bridgehead atoms. The molecule has 0 aliphatic heterocycles. The van der Waals surface area contributed by atoms with Gasteiger partial charge in [-0.05, 0) is 55.7 Å². The van der Waals surface area contributed by atoms with Crippen molar-refractivity contribution in [1.82, 2.24) is 4.72 Å². The number of aryl methyl sites for hydroxylation is 3. The van der Waals surface area contributed by atoms with Gasteiger partial charge in [0.2, 0.25) is 5.91 Å². The number of carbonyl (C=O) groups excluding carboxylic acids is 1. The summed E-state index contributed by atoms with van der Waals surface area (Å²) in [5.41, 5.74) is 2.72. The number of ether oxygens (including phenoxy) is 1. The first-order chi connectivity index (χ1) is 11.3. The van der Waals surface area contributed by atoms with Gasteiger partial charge in [-0.3, -0.25) is 4.79 Å². The summed E-state index contributed by atoms with van der Waals surface area (Å²) in [7, 11) is -3.85. The molecule has 0 aliphatic rings. The summed E-state index contributed by atoms with van der Waals surface area (Å²) in [4.78, 5) is 12.0. The number of benzene rings is 2. The first-order valence-electron chi connectivity index (χ1n) is 7.60. The summed E-state index contributed by atoms with van der Waals surface area (Å²) >= 11 is 0. The quantitative estimate of drug-likeness (QED) is 0.872. The van der Waals surface area contributed by atoms with E-state index in [4.69, 9.17) is 4.74 Å². The first-order valence-corrected chi connectivity index (χ1v) is 9.08. The average molecular weight is 347 g/mol. The van der Waals surface area contributed by atoms with Gasteiger partial charge in [0.1, 0.15) is 5.75 Å². The lowest BCUT2D eigenvalue weighted by Crippen LogP contribution is -2.31. The molecule has 0 unspecified atom stereocenters. The van der Waals surface area contributed by atoms with Crippen LogP contribution in [0.1, 0.15) is 23.1 Å². The van der Waals surface area contributed by atoms with Gasteiger partial charge in [0.15, 0.2) is 0 Å². The third-order valence-electron chi connectivity index (χ3n) is 3.42. The molecular weight excluding hydrogens is 326 g/mol. The fourth-order valence-corrected chi connectivity index (χ4v) is 3.65. The molecule has 2 aromatic carbocycles. The minimum atomic E-state index is -3.85. The molecule has 0 spiro atoms. The Balaban J connectivity index is 1.92. The average Bonchev–Trinajstić information content (AvgIpc) is 2.45. The van der Waals surface area contributed by atoms with Gasteiger partial charge in [-0.1, -0.05) is 24.3 Å². The van der Waals surface area contributed by atoms with E-state index < -0.39 is 15.9 Å². The van der Waals surface area contributed by atoms with E-state index in [-0.39, 0.29) is 17.9 Å². The second-order valence-corrected chi connectivity index (χ2v) is 7.37. The second kappa shape index (κ2) is 7.49. The number of hydrogen-bond donors (Lipinski definition) is 1. The number of hydrogen-bond acceptors (Lipinski definition) is 4. The number of carbonyl (C=O) groups is 1. The van der Waals surface area contributed by atoms with E-state index in [1.165, 1.54) is 6.07 Å². The molecule has 0 heterocycles. The van der Waals surface area contributed by atoms with Gasteiger partial charge in [0.05, 0.1) is 17.9 Å². The fourth-order valence-electron chi connectivity index (χ4n) is 2.39. The molecule has 0 radical (unpaired) electrons. The van der Waals surface area contributed by atoms with Gasteiger partial charge in [-0.25, -0.2) is 13.1 Å². The molecule has 2 rings (SSSR count). The summed E-state index contributed by atoms with van der Waals surface area (Å²) in [5, 5.41) is 0. The van der Waals surface area contributed by atoms with Crippen molar-refractivity contribution in [3.8, 4) is 5.75 Å². The van der Waals surface area contributed by atoms with E-state index in [1.54, 1.807) is 25.1 Å². The van der Waals surface area contributed by atoms with E-state index in [0.717, 1.165) is 11.1 Å². The molecule has 0 atom stereocenters. The molecule has 5 nitrogen and oxygen atoms in total. The largest absolute Gasteiger partial charge is 0.493 e. The maximum absolute atomic E-state index is 12.2. The van der Waals surface area contributed by atoms with Crippen molar-refractivity contribution in [1.29, 1.82) is 0 Å². The van der Waals surface area contributed by atoms with Gasteiger partial charge < -0.3 is 4.74 Å². The highest BCUT2D eigenvalue weighted by Crippen LogP contribution is 2.17. The zero-order chi connectivity index (χ0) is 17.7. The van der Waals surface area contributed by atoms with Gasteiger partial charge >= 0.3 is 0 Å². The van der Waals surface area contributed by atoms with Crippen molar-refractivity contribution in [3.63, 3.8) is 0 Å². The Labute approximate surface area is 142 Å². The van der Waals surface area contributed by atoms with Crippen molar-refractivity contribution in [2.24, 2.45) is 0 Å². The van der Waals surface area contributed by atoms with Crippen molar-refractivity contribution >= 4 is 15.9 Å². The van der Waals surface area contributed by atoms with Gasteiger partial charge in [0, 0.05) is 0 Å². The molecule has 0 saturated carbocycles. The second-order valence-electron chi connectivity index (χ2n) is 5.72. The van der Waals surface area contributed by atoms with Crippen molar-refractivity contribution in [2.75, 3.05) is 6.61 Å². The Morgan fingerprint density at radius 2 is 1.67 bits per heavy atom. The zero-order valence-corrected chi connectivity index (χ0v) is 14.8. The minimum absolute atomic E-state index is 0.0436. The highest BCUT2D eigenvalue weighted by molar-refractivity contribution is 7.90. The predicted octanol–water partition coefficient (Wildman–Crippen LogP) is 2.89. The first kappa shape index (κ1) is 18.0. The third-order valence-corrected chi connectivity index (χ3v) is 4.96. The van der Waals surface area contributed by atoms with Crippen LogP contribution < -0.4 is 9.46 Å². The Morgan fingerprint density at radius 3 is 2.29 bits per heavy atom. The van der Waals surface area contributed by atoms with Crippen LogP contribution >= 0.6 is 0 Å². The van der Waals surface area contributed by atoms with E-state index in [9.17, 15) is 13.2 Å². The standard InChI is InChI=1S/C18H21NO4S/c1-13-10-14(2)12-16(11-13)23-9-8-18(20)19-24(21,22)17-7-5-4-6-15(17)3/h4-7,10-12H,8-9H2,1-3H3,(H,19,20). The monoisotopic (exact) mass is 347 g/mol. The number of nitrogens with one attached hydrogen (secondary N) is 1. The molecule has 24 heavy (non-hydrogen) atoms. The normalized spacial score (nSPS) is 11.1. The van der Waals surface area contributed by atoms with Crippen LogP contribution in [0.5, 0.6) is 5.75 Å². The molecule has 6 heteroatoms. The van der Waals surface area contributed by atoms with E-state index in [0.29, 0.717) is 11.3 Å². The van der Waals surface area contributed by atoms with E-state index in [2.05, 4.69) is 4.72 Å². The van der Waals surface area contributed by atoms with Crippen LogP contribution in [-0.2, 0) is 14.8 Å². The fraction of sp³-hybridized carbons (Fsp3) is 0.278. The van der Waals surface area contributed by atoms with E-state index in [1.807, 2.05) is 32.0 Å². The highest BCUT2D eigenvalue weighted by atomic mass is 32.2. The van der Waals surface area contributed by atoms with Crippen LogP contribution in [0.3, 0.4) is 0 Å². The zero-order valence-electron chi connectivity index (χ0n) is 14.0. The Hall–Kier alpha value is -2.34. The summed E-state index contributed by atoms with van der Waals surface area (Å²) in [6.45, 7) is 5.71. The molecule has 128 valence electrons. The van der Waals surface area contributed by atoms with E-state index >= 15 is 0 Å². The topological polar surface area (TPSA) is 72.5 Å². The van der Waals surface area contributed by atoms with Crippen LogP contribution in [-0.4, -0.2) is 20.9 Å². The number of amides is 1. The maximum atomic E-state index is 12.2. The summed E-state index contributed by atoms with van der Waals surface area (Å²) in [6, 6.07) is 12.3. The number of rotatable bonds is 6.